The summed E-state index contributed by atoms with van der Waals surface area (Å²) in [7, 11) is 0. The lowest BCUT2D eigenvalue weighted by molar-refractivity contribution is 0.306. The van der Waals surface area contributed by atoms with Gasteiger partial charge in [-0.25, -0.2) is 4.98 Å². The summed E-state index contributed by atoms with van der Waals surface area (Å²) in [6, 6.07) is 18.2. The molecule has 118 valence electrons. The monoisotopic (exact) mass is 307 g/mol. The van der Waals surface area contributed by atoms with Gasteiger partial charge in [0.25, 0.3) is 0 Å². The molecule has 0 fully saturated rings. The molecule has 3 nitrogen and oxygen atoms in total. The summed E-state index contributed by atoms with van der Waals surface area (Å²) in [5.74, 6) is 2.30. The van der Waals surface area contributed by atoms with Gasteiger partial charge in [-0.3, -0.25) is 0 Å². The van der Waals surface area contributed by atoms with Crippen LogP contribution in [0.3, 0.4) is 0 Å². The minimum Gasteiger partial charge on any atom is -0.489 e. The summed E-state index contributed by atoms with van der Waals surface area (Å²) < 4.78 is 11.4. The van der Waals surface area contributed by atoms with Crippen LogP contribution in [-0.2, 0) is 13.0 Å². The lowest BCUT2D eigenvalue weighted by atomic mass is 10.0. The van der Waals surface area contributed by atoms with Crippen LogP contribution < -0.4 is 4.74 Å². The van der Waals surface area contributed by atoms with Gasteiger partial charge in [-0.15, -0.1) is 0 Å². The SMILES string of the molecule is CC(C)Cc1ocnc1-c1cccc(OCc2ccccc2)c1. The third-order valence-corrected chi connectivity index (χ3v) is 3.59. The number of rotatable bonds is 6. The van der Waals surface area contributed by atoms with E-state index in [0.29, 0.717) is 12.5 Å². The molecule has 0 saturated carbocycles. The molecule has 0 bridgehead atoms. The molecule has 0 aliphatic heterocycles. The molecule has 3 heteroatoms. The van der Waals surface area contributed by atoms with Crippen LogP contribution in [0.25, 0.3) is 11.3 Å². The summed E-state index contributed by atoms with van der Waals surface area (Å²) in [6.07, 6.45) is 2.40. The van der Waals surface area contributed by atoms with Gasteiger partial charge >= 0.3 is 0 Å². The first kappa shape index (κ1) is 15.3. The second-order valence-electron chi connectivity index (χ2n) is 6.02. The largest absolute Gasteiger partial charge is 0.489 e. The van der Waals surface area contributed by atoms with Crippen LogP contribution in [0.4, 0.5) is 0 Å². The van der Waals surface area contributed by atoms with Crippen LogP contribution >= 0.6 is 0 Å². The van der Waals surface area contributed by atoms with E-state index in [0.717, 1.165) is 34.8 Å². The average Bonchev–Trinajstić information content (AvgIpc) is 3.01. The summed E-state index contributed by atoms with van der Waals surface area (Å²) in [6.45, 7) is 4.90. The topological polar surface area (TPSA) is 35.3 Å². The van der Waals surface area contributed by atoms with Crippen LogP contribution in [0.5, 0.6) is 5.75 Å². The molecule has 0 aliphatic rings. The number of nitrogens with zero attached hydrogens (tertiary/aromatic N) is 1. The van der Waals surface area contributed by atoms with Gasteiger partial charge < -0.3 is 9.15 Å². The highest BCUT2D eigenvalue weighted by molar-refractivity contribution is 5.62. The van der Waals surface area contributed by atoms with Gasteiger partial charge in [-0.2, -0.15) is 0 Å². The van der Waals surface area contributed by atoms with Crippen molar-refractivity contribution < 1.29 is 9.15 Å². The Morgan fingerprint density at radius 1 is 1.04 bits per heavy atom. The molecular formula is C20H21NO2. The van der Waals surface area contributed by atoms with Gasteiger partial charge in [0, 0.05) is 12.0 Å². The van der Waals surface area contributed by atoms with Crippen molar-refractivity contribution in [2.24, 2.45) is 5.92 Å². The second kappa shape index (κ2) is 7.14. The first-order valence-electron chi connectivity index (χ1n) is 7.92. The molecule has 0 atom stereocenters. The van der Waals surface area contributed by atoms with E-state index < -0.39 is 0 Å². The highest BCUT2D eigenvalue weighted by atomic mass is 16.5. The molecule has 3 aromatic rings. The maximum absolute atomic E-state index is 5.89. The number of aromatic nitrogens is 1. The molecule has 1 heterocycles. The molecule has 0 aliphatic carbocycles. The van der Waals surface area contributed by atoms with Crippen LogP contribution in [0.15, 0.2) is 65.4 Å². The number of hydrogen-bond donors (Lipinski definition) is 0. The van der Waals surface area contributed by atoms with Gasteiger partial charge in [0.1, 0.15) is 23.8 Å². The molecule has 3 rings (SSSR count). The van der Waals surface area contributed by atoms with Gasteiger partial charge in [-0.1, -0.05) is 56.3 Å². The van der Waals surface area contributed by atoms with Gasteiger partial charge in [0.15, 0.2) is 6.39 Å². The van der Waals surface area contributed by atoms with Crippen molar-refractivity contribution in [1.29, 1.82) is 0 Å². The van der Waals surface area contributed by atoms with E-state index in [1.165, 1.54) is 6.39 Å². The summed E-state index contributed by atoms with van der Waals surface area (Å²) in [5, 5.41) is 0. The number of benzene rings is 2. The first-order chi connectivity index (χ1) is 11.2. The normalized spacial score (nSPS) is 10.9. The molecule has 0 amide bonds. The Balaban J connectivity index is 1.76. The molecule has 2 aromatic carbocycles. The fraction of sp³-hybridized carbons (Fsp3) is 0.250. The second-order valence-corrected chi connectivity index (χ2v) is 6.02. The molecule has 23 heavy (non-hydrogen) atoms. The van der Waals surface area contributed by atoms with E-state index in [-0.39, 0.29) is 0 Å². The Bertz CT molecular complexity index is 747. The van der Waals surface area contributed by atoms with Crippen LogP contribution in [-0.4, -0.2) is 4.98 Å². The van der Waals surface area contributed by atoms with Crippen molar-refractivity contribution in [2.45, 2.75) is 26.9 Å². The van der Waals surface area contributed by atoms with E-state index in [2.05, 4.69) is 31.0 Å². The Labute approximate surface area is 136 Å². The standard InChI is InChI=1S/C20H21NO2/c1-15(2)11-19-20(21-14-23-19)17-9-6-10-18(12-17)22-13-16-7-4-3-5-8-16/h3-10,12,14-15H,11,13H2,1-2H3. The molecule has 1 aromatic heterocycles. The predicted molar refractivity (Wildman–Crippen MR) is 91.3 cm³/mol. The van der Waals surface area contributed by atoms with Crippen LogP contribution in [0, 0.1) is 5.92 Å². The van der Waals surface area contributed by atoms with Crippen LogP contribution in [0.2, 0.25) is 0 Å². The van der Waals surface area contributed by atoms with Crippen molar-refractivity contribution >= 4 is 0 Å². The summed E-state index contributed by atoms with van der Waals surface area (Å²) in [4.78, 5) is 4.38. The van der Waals surface area contributed by atoms with Crippen molar-refractivity contribution in [1.82, 2.24) is 4.98 Å². The third kappa shape index (κ3) is 4.01. The van der Waals surface area contributed by atoms with Crippen molar-refractivity contribution in [3.05, 3.63) is 72.3 Å². The molecule has 0 spiro atoms. The quantitative estimate of drug-likeness (QED) is 0.634. The maximum Gasteiger partial charge on any atom is 0.181 e. The van der Waals surface area contributed by atoms with E-state index in [4.69, 9.17) is 9.15 Å². The molecule has 0 unspecified atom stereocenters. The maximum atomic E-state index is 5.89. The lowest BCUT2D eigenvalue weighted by Crippen LogP contribution is -1.96. The zero-order chi connectivity index (χ0) is 16.1. The zero-order valence-electron chi connectivity index (χ0n) is 13.5. The molecule has 0 radical (unpaired) electrons. The Hall–Kier alpha value is -2.55. The van der Waals surface area contributed by atoms with E-state index >= 15 is 0 Å². The Kier molecular flexibility index (Phi) is 4.77. The Morgan fingerprint density at radius 2 is 1.87 bits per heavy atom. The fourth-order valence-electron chi connectivity index (χ4n) is 2.50. The number of hydrogen-bond acceptors (Lipinski definition) is 3. The van der Waals surface area contributed by atoms with Crippen LogP contribution in [0.1, 0.15) is 25.2 Å². The van der Waals surface area contributed by atoms with Crippen molar-refractivity contribution in [3.63, 3.8) is 0 Å². The predicted octanol–water partition coefficient (Wildman–Crippen LogP) is 5.12. The third-order valence-electron chi connectivity index (χ3n) is 3.59. The lowest BCUT2D eigenvalue weighted by Gasteiger charge is -2.08. The minimum atomic E-state index is 0.527. The Morgan fingerprint density at radius 3 is 2.65 bits per heavy atom. The number of oxazole rings is 1. The van der Waals surface area contributed by atoms with Gasteiger partial charge in [0.05, 0.1) is 0 Å². The van der Waals surface area contributed by atoms with Gasteiger partial charge in [0.2, 0.25) is 0 Å². The molecular weight excluding hydrogens is 286 g/mol. The summed E-state index contributed by atoms with van der Waals surface area (Å²) >= 11 is 0. The van der Waals surface area contributed by atoms with Gasteiger partial charge in [-0.05, 0) is 23.6 Å². The number of ether oxygens (including phenoxy) is 1. The molecule has 0 N–H and O–H groups in total. The minimum absolute atomic E-state index is 0.527. The first-order valence-corrected chi connectivity index (χ1v) is 7.92. The fourth-order valence-corrected chi connectivity index (χ4v) is 2.50. The van der Waals surface area contributed by atoms with E-state index in [1.807, 2.05) is 42.5 Å². The highest BCUT2D eigenvalue weighted by Gasteiger charge is 2.12. The van der Waals surface area contributed by atoms with Crippen molar-refractivity contribution in [3.8, 4) is 17.0 Å². The van der Waals surface area contributed by atoms with E-state index in [9.17, 15) is 0 Å². The van der Waals surface area contributed by atoms with E-state index in [1.54, 1.807) is 0 Å². The smallest absolute Gasteiger partial charge is 0.181 e. The average molecular weight is 307 g/mol. The zero-order valence-corrected chi connectivity index (χ0v) is 13.5. The summed E-state index contributed by atoms with van der Waals surface area (Å²) in [5.41, 5.74) is 3.09. The molecule has 0 saturated heterocycles. The highest BCUT2D eigenvalue weighted by Crippen LogP contribution is 2.27. The van der Waals surface area contributed by atoms with Crippen molar-refractivity contribution in [2.75, 3.05) is 0 Å².